The van der Waals surface area contributed by atoms with Gasteiger partial charge in [0.25, 0.3) is 0 Å². The fourth-order valence-corrected chi connectivity index (χ4v) is 11.7. The summed E-state index contributed by atoms with van der Waals surface area (Å²) >= 11 is 0. The summed E-state index contributed by atoms with van der Waals surface area (Å²) in [6, 6.07) is -0.887. The van der Waals surface area contributed by atoms with Gasteiger partial charge in [0.15, 0.2) is 18.9 Å². The number of hydrogen-bond donors (Lipinski definition) is 12. The highest BCUT2D eigenvalue weighted by molar-refractivity contribution is 5.76. The molecule has 0 aromatic carbocycles. The second-order valence-corrected chi connectivity index (χ2v) is 25.0. The lowest BCUT2D eigenvalue weighted by Gasteiger charge is -2.48. The third-order valence-corrected chi connectivity index (χ3v) is 17.4. The lowest BCUT2D eigenvalue weighted by Crippen LogP contribution is -2.66. The SMILES string of the molecule is CC/C=C\C/C=C\C/C=C\C/C=C\C/C=C\CCCCCCCCCCCCCCCCCCCC(=O)NC(COC1OC(CO)C(OC2OC(CO)C(OC3OC(CO)C(O)C(O)C3O)C(O)C2O)C(O)C1O)C(O)CCCCCCCCCCCCC. The van der Waals surface area contributed by atoms with E-state index in [1.807, 2.05) is 0 Å². The van der Waals surface area contributed by atoms with Crippen LogP contribution < -0.4 is 5.32 Å². The Morgan fingerprint density at radius 3 is 1.21 bits per heavy atom. The van der Waals surface area contributed by atoms with Crippen molar-refractivity contribution >= 4 is 5.91 Å². The first-order valence-corrected chi connectivity index (χ1v) is 35.0. The summed E-state index contributed by atoms with van der Waals surface area (Å²) < 4.78 is 34.4. The Labute approximate surface area is 535 Å². The maximum Gasteiger partial charge on any atom is 0.220 e. The number of ether oxygens (including phenoxy) is 6. The van der Waals surface area contributed by atoms with Crippen LogP contribution in [0, 0.1) is 0 Å². The molecule has 3 rings (SSSR count). The van der Waals surface area contributed by atoms with Gasteiger partial charge in [0, 0.05) is 6.42 Å². The molecule has 0 aliphatic carbocycles. The van der Waals surface area contributed by atoms with Gasteiger partial charge in [-0.1, -0.05) is 242 Å². The number of unbranched alkanes of at least 4 members (excludes halogenated alkanes) is 27. The van der Waals surface area contributed by atoms with Crippen molar-refractivity contribution in [3.8, 4) is 0 Å². The predicted octanol–water partition coefficient (Wildman–Crippen LogP) is 9.16. The van der Waals surface area contributed by atoms with Gasteiger partial charge in [-0.25, -0.2) is 0 Å². The fourth-order valence-electron chi connectivity index (χ4n) is 11.7. The number of aliphatic hydroxyl groups is 11. The van der Waals surface area contributed by atoms with Gasteiger partial charge in [0.2, 0.25) is 5.91 Å². The minimum Gasteiger partial charge on any atom is -0.394 e. The number of amides is 1. The van der Waals surface area contributed by atoms with Gasteiger partial charge in [-0.3, -0.25) is 4.79 Å². The van der Waals surface area contributed by atoms with E-state index in [9.17, 15) is 61.0 Å². The standard InChI is InChI=1S/C70H125NO18/c1-3-5-7-9-11-13-15-16-17-18-19-20-21-22-23-24-25-26-27-28-29-30-31-32-33-34-35-36-38-40-42-44-46-48-58(76)71-53(54(75)47-45-43-41-39-37-14-12-10-8-6-4-2)52-84-68-64(82)61(79)66(56(50-73)86-68)89-70-65(83)62(80)67(57(51-74)87-70)88-69-63(81)60(78)59(77)55(49-72)85-69/h5,7,11,13,16-17,19-20,22-23,53-57,59-70,72-75,77-83H,3-4,6,8-10,12,14-15,18,21,24-52H2,1-2H3,(H,71,76)/b7-5-,13-11-,17-16-,20-19-,23-22-. The van der Waals surface area contributed by atoms with Crippen molar-refractivity contribution in [2.24, 2.45) is 0 Å². The van der Waals surface area contributed by atoms with Gasteiger partial charge in [0.05, 0.1) is 38.6 Å². The Morgan fingerprint density at radius 2 is 0.775 bits per heavy atom. The van der Waals surface area contributed by atoms with Crippen molar-refractivity contribution < 1.29 is 89.4 Å². The molecule has 3 aliphatic rings. The van der Waals surface area contributed by atoms with Crippen LogP contribution in [-0.2, 0) is 33.2 Å². The molecule has 0 spiro atoms. The van der Waals surface area contributed by atoms with E-state index >= 15 is 0 Å². The molecule has 0 bridgehead atoms. The molecule has 89 heavy (non-hydrogen) atoms. The second-order valence-electron chi connectivity index (χ2n) is 25.0. The highest BCUT2D eigenvalue weighted by atomic mass is 16.8. The summed E-state index contributed by atoms with van der Waals surface area (Å²) in [6.07, 6.45) is 36.1. The van der Waals surface area contributed by atoms with Crippen LogP contribution >= 0.6 is 0 Å². The largest absolute Gasteiger partial charge is 0.394 e. The molecule has 0 aromatic heterocycles. The molecule has 3 fully saturated rings. The van der Waals surface area contributed by atoms with Crippen molar-refractivity contribution in [2.75, 3.05) is 26.4 Å². The highest BCUT2D eigenvalue weighted by Crippen LogP contribution is 2.33. The maximum atomic E-state index is 13.4. The van der Waals surface area contributed by atoms with Crippen LogP contribution in [0.25, 0.3) is 0 Å². The molecule has 17 atom stereocenters. The van der Waals surface area contributed by atoms with E-state index in [4.69, 9.17) is 28.4 Å². The molecule has 3 heterocycles. The van der Waals surface area contributed by atoms with Crippen molar-refractivity contribution in [3.63, 3.8) is 0 Å². The first-order chi connectivity index (χ1) is 43.3. The lowest BCUT2D eigenvalue weighted by atomic mass is 9.96. The zero-order chi connectivity index (χ0) is 64.7. The highest BCUT2D eigenvalue weighted by Gasteiger charge is 2.53. The molecule has 19 nitrogen and oxygen atoms in total. The van der Waals surface area contributed by atoms with Gasteiger partial charge < -0.3 is 89.9 Å². The van der Waals surface area contributed by atoms with Crippen LogP contribution in [0.4, 0.5) is 0 Å². The Bertz CT molecular complexity index is 1850. The zero-order valence-electron chi connectivity index (χ0n) is 54.6. The van der Waals surface area contributed by atoms with E-state index in [2.05, 4.69) is 79.9 Å². The van der Waals surface area contributed by atoms with Crippen LogP contribution in [0.1, 0.15) is 245 Å². The van der Waals surface area contributed by atoms with E-state index in [0.29, 0.717) is 12.8 Å². The lowest BCUT2D eigenvalue weighted by molar-refractivity contribution is -0.379. The quantitative estimate of drug-likeness (QED) is 0.0199. The third-order valence-electron chi connectivity index (χ3n) is 17.4. The number of carbonyl (C=O) groups excluding carboxylic acids is 1. The van der Waals surface area contributed by atoms with Gasteiger partial charge in [0.1, 0.15) is 73.2 Å². The Kier molecular flexibility index (Phi) is 47.0. The number of rotatable bonds is 53. The van der Waals surface area contributed by atoms with Gasteiger partial charge in [-0.2, -0.15) is 0 Å². The van der Waals surface area contributed by atoms with Crippen molar-refractivity contribution in [1.29, 1.82) is 0 Å². The van der Waals surface area contributed by atoms with E-state index in [1.165, 1.54) is 135 Å². The molecule has 1 amide bonds. The zero-order valence-corrected chi connectivity index (χ0v) is 54.6. The summed E-state index contributed by atoms with van der Waals surface area (Å²) in [5.41, 5.74) is 0. The molecule has 0 aromatic rings. The fraction of sp³-hybridized carbons (Fsp3) is 0.843. The molecule has 518 valence electrons. The van der Waals surface area contributed by atoms with Crippen LogP contribution in [0.2, 0.25) is 0 Å². The molecule has 0 saturated carbocycles. The Hall–Kier alpha value is -2.51. The molecule has 0 radical (unpaired) electrons. The number of aliphatic hydroxyl groups excluding tert-OH is 11. The summed E-state index contributed by atoms with van der Waals surface area (Å²) in [5.74, 6) is -0.244. The normalized spacial score (nSPS) is 28.6. The maximum absolute atomic E-state index is 13.4. The molecule has 19 heteroatoms. The molecule has 3 aliphatic heterocycles. The van der Waals surface area contributed by atoms with Crippen LogP contribution in [0.15, 0.2) is 60.8 Å². The minimum atomic E-state index is -1.97. The van der Waals surface area contributed by atoms with Gasteiger partial charge >= 0.3 is 0 Å². The predicted molar refractivity (Wildman–Crippen MR) is 346 cm³/mol. The van der Waals surface area contributed by atoms with Crippen molar-refractivity contribution in [3.05, 3.63) is 60.8 Å². The van der Waals surface area contributed by atoms with Crippen LogP contribution in [-0.4, -0.2) is 193 Å². The number of allylic oxidation sites excluding steroid dienone is 10. The van der Waals surface area contributed by atoms with Crippen molar-refractivity contribution in [2.45, 2.75) is 349 Å². The van der Waals surface area contributed by atoms with Crippen LogP contribution in [0.5, 0.6) is 0 Å². The van der Waals surface area contributed by atoms with Crippen LogP contribution in [0.3, 0.4) is 0 Å². The Morgan fingerprint density at radius 1 is 0.416 bits per heavy atom. The van der Waals surface area contributed by atoms with Crippen molar-refractivity contribution in [1.82, 2.24) is 5.32 Å². The molecular formula is C70H125NO18. The first-order valence-electron chi connectivity index (χ1n) is 35.0. The van der Waals surface area contributed by atoms with E-state index in [0.717, 1.165) is 77.0 Å². The molecule has 3 saturated heterocycles. The topological polar surface area (TPSA) is 307 Å². The summed E-state index contributed by atoms with van der Waals surface area (Å²) in [7, 11) is 0. The monoisotopic (exact) mass is 1270 g/mol. The molecular weight excluding hydrogens is 1140 g/mol. The van der Waals surface area contributed by atoms with E-state index < -0.39 is 124 Å². The number of nitrogens with one attached hydrogen (secondary N) is 1. The summed E-state index contributed by atoms with van der Waals surface area (Å²) in [4.78, 5) is 13.4. The number of carbonyl (C=O) groups is 1. The average molecular weight is 1270 g/mol. The molecule has 17 unspecified atom stereocenters. The summed E-state index contributed by atoms with van der Waals surface area (Å²) in [6.45, 7) is 1.67. The number of hydrogen-bond acceptors (Lipinski definition) is 18. The van der Waals surface area contributed by atoms with Gasteiger partial charge in [-0.05, 0) is 57.8 Å². The average Bonchev–Trinajstić information content (AvgIpc) is 1.33. The Balaban J connectivity index is 1.33. The summed E-state index contributed by atoms with van der Waals surface area (Å²) in [5, 5.41) is 120. The van der Waals surface area contributed by atoms with E-state index in [1.54, 1.807) is 0 Å². The molecule has 12 N–H and O–H groups in total. The third kappa shape index (κ3) is 33.9. The smallest absolute Gasteiger partial charge is 0.220 e. The van der Waals surface area contributed by atoms with Gasteiger partial charge in [-0.15, -0.1) is 0 Å². The minimum absolute atomic E-state index is 0.244. The van der Waals surface area contributed by atoms with E-state index in [-0.39, 0.29) is 18.9 Å². The first kappa shape index (κ1) is 80.7. The second kappa shape index (κ2) is 51.8.